The van der Waals surface area contributed by atoms with Crippen molar-refractivity contribution >= 4 is 34.4 Å². The maximum absolute atomic E-state index is 12.9. The maximum atomic E-state index is 12.9. The largest absolute Gasteiger partial charge is 0.469 e. The molecule has 3 heterocycles. The van der Waals surface area contributed by atoms with Gasteiger partial charge < -0.3 is 19.1 Å². The van der Waals surface area contributed by atoms with E-state index in [-0.39, 0.29) is 19.0 Å². The van der Waals surface area contributed by atoms with Crippen molar-refractivity contribution in [2.24, 2.45) is 21.1 Å². The second-order valence-electron chi connectivity index (χ2n) is 9.88. The third kappa shape index (κ3) is 5.36. The van der Waals surface area contributed by atoms with E-state index in [1.54, 1.807) is 23.3 Å². The van der Waals surface area contributed by atoms with Gasteiger partial charge in [-0.3, -0.25) is 19.1 Å². The highest BCUT2D eigenvalue weighted by molar-refractivity contribution is 6.35. The van der Waals surface area contributed by atoms with Crippen molar-refractivity contribution in [3.05, 3.63) is 57.3 Å². The van der Waals surface area contributed by atoms with Crippen LogP contribution in [0.3, 0.4) is 0 Å². The molecular formula is C28H35ClN6O5. The molecule has 0 saturated heterocycles. The van der Waals surface area contributed by atoms with E-state index >= 15 is 0 Å². The van der Waals surface area contributed by atoms with Crippen LogP contribution in [0.2, 0.25) is 5.02 Å². The van der Waals surface area contributed by atoms with Gasteiger partial charge in [0.05, 0.1) is 48.4 Å². The smallest absolute Gasteiger partial charge is 0.354 e. The minimum atomic E-state index is -0.499. The van der Waals surface area contributed by atoms with Crippen molar-refractivity contribution < 1.29 is 24.2 Å². The summed E-state index contributed by atoms with van der Waals surface area (Å²) in [4.78, 5) is 27.0. The number of fused-ring (bicyclic) bond motifs is 1. The minimum Gasteiger partial charge on any atom is -0.469 e. The van der Waals surface area contributed by atoms with Crippen molar-refractivity contribution in [3.63, 3.8) is 0 Å². The Morgan fingerprint density at radius 2 is 1.77 bits per heavy atom. The third-order valence-electron chi connectivity index (χ3n) is 7.29. The Bertz CT molecular complexity index is 1580. The van der Waals surface area contributed by atoms with Crippen molar-refractivity contribution in [3.8, 4) is 11.1 Å². The fourth-order valence-electron chi connectivity index (χ4n) is 5.27. The number of carbonyl (C=O) groups excluding carboxylic acids is 2. The number of rotatable bonds is 10. The molecule has 3 aromatic heterocycles. The minimum absolute atomic E-state index is 0.0782. The molecule has 0 radical (unpaired) electrons. The lowest BCUT2D eigenvalue weighted by molar-refractivity contribution is -0.140. The van der Waals surface area contributed by atoms with Crippen molar-refractivity contribution in [2.45, 2.75) is 39.5 Å². The Kier molecular flexibility index (Phi) is 8.67. The highest BCUT2D eigenvalue weighted by Crippen LogP contribution is 2.42. The van der Waals surface area contributed by atoms with E-state index in [0.717, 1.165) is 44.8 Å². The predicted octanol–water partition coefficient (Wildman–Crippen LogP) is 3.29. The molecule has 0 amide bonds. The Hall–Kier alpha value is -3.67. The third-order valence-corrected chi connectivity index (χ3v) is 7.61. The standard InChI is InChI=1S/C28H35ClN6O5/c1-16-24(22(31-34(16)4)14-32(2)13-17-12-18(15-36)35(5)30-17)25-21(29)10-8-19-20(9-11-23(37)39-6)27(28(38)40-7)33(3)26(19)25/h8,10,12,36H,9,11,13-15H2,1-7H3. The normalized spacial score (nSPS) is 11.6. The second-order valence-corrected chi connectivity index (χ2v) is 10.3. The molecule has 12 heteroatoms. The summed E-state index contributed by atoms with van der Waals surface area (Å²) in [5.41, 5.74) is 6.74. The van der Waals surface area contributed by atoms with Crippen molar-refractivity contribution in [1.82, 2.24) is 29.0 Å². The van der Waals surface area contributed by atoms with Crippen LogP contribution >= 0.6 is 11.6 Å². The summed E-state index contributed by atoms with van der Waals surface area (Å²) in [6.07, 6.45) is 0.419. The molecule has 0 aliphatic rings. The van der Waals surface area contributed by atoms with Gasteiger partial charge in [-0.2, -0.15) is 10.2 Å². The number of nitrogens with zero attached hydrogens (tertiary/aromatic N) is 6. The molecule has 0 aliphatic carbocycles. The fourth-order valence-corrected chi connectivity index (χ4v) is 5.52. The topological polar surface area (TPSA) is 117 Å². The molecule has 0 fully saturated rings. The zero-order valence-electron chi connectivity index (χ0n) is 23.9. The van der Waals surface area contributed by atoms with Gasteiger partial charge in [0, 0.05) is 62.9 Å². The molecule has 0 bridgehead atoms. The number of ether oxygens (including phenoxy) is 2. The molecule has 0 spiro atoms. The number of aliphatic hydroxyl groups excluding tert-OH is 1. The molecule has 4 aromatic rings. The average Bonchev–Trinajstić information content (AvgIpc) is 3.52. The maximum Gasteiger partial charge on any atom is 0.354 e. The van der Waals surface area contributed by atoms with E-state index in [1.165, 1.54) is 14.2 Å². The quantitative estimate of drug-likeness (QED) is 0.289. The van der Waals surface area contributed by atoms with Gasteiger partial charge in [-0.25, -0.2) is 4.79 Å². The summed E-state index contributed by atoms with van der Waals surface area (Å²) < 4.78 is 15.2. The Balaban J connectivity index is 1.84. The van der Waals surface area contributed by atoms with Crippen LogP contribution in [-0.4, -0.2) is 67.3 Å². The second kappa shape index (κ2) is 11.8. The summed E-state index contributed by atoms with van der Waals surface area (Å²) >= 11 is 6.90. The zero-order valence-corrected chi connectivity index (χ0v) is 24.7. The number of carbonyl (C=O) groups is 2. The van der Waals surface area contributed by atoms with Crippen LogP contribution in [0.25, 0.3) is 22.0 Å². The van der Waals surface area contributed by atoms with E-state index < -0.39 is 5.97 Å². The van der Waals surface area contributed by atoms with Gasteiger partial charge in [0.25, 0.3) is 0 Å². The van der Waals surface area contributed by atoms with E-state index in [9.17, 15) is 14.7 Å². The molecule has 4 rings (SSSR count). The van der Waals surface area contributed by atoms with Crippen LogP contribution in [0, 0.1) is 6.92 Å². The van der Waals surface area contributed by atoms with Crippen LogP contribution in [0.4, 0.5) is 0 Å². The van der Waals surface area contributed by atoms with E-state index in [4.69, 9.17) is 26.2 Å². The SMILES string of the molecule is COC(=O)CCc1c(C(=O)OC)n(C)c2c(-c3c(CN(C)Cc4cc(CO)n(C)n4)nn(C)c3C)c(Cl)ccc12. The van der Waals surface area contributed by atoms with E-state index in [2.05, 4.69) is 10.00 Å². The number of aryl methyl sites for hydroxylation is 4. The number of hydrogen-bond donors (Lipinski definition) is 1. The van der Waals surface area contributed by atoms with Crippen LogP contribution < -0.4 is 0 Å². The van der Waals surface area contributed by atoms with Gasteiger partial charge in [-0.1, -0.05) is 17.7 Å². The summed E-state index contributed by atoms with van der Waals surface area (Å²) in [5, 5.41) is 20.2. The zero-order chi connectivity index (χ0) is 29.3. The molecule has 1 aromatic carbocycles. The predicted molar refractivity (Wildman–Crippen MR) is 151 cm³/mol. The van der Waals surface area contributed by atoms with Crippen molar-refractivity contribution in [2.75, 3.05) is 21.3 Å². The highest BCUT2D eigenvalue weighted by atomic mass is 35.5. The molecular weight excluding hydrogens is 536 g/mol. The van der Waals surface area contributed by atoms with Crippen LogP contribution in [0.1, 0.15) is 45.2 Å². The van der Waals surface area contributed by atoms with Gasteiger partial charge >= 0.3 is 11.9 Å². The number of benzene rings is 1. The Morgan fingerprint density at radius 3 is 2.40 bits per heavy atom. The Labute approximate surface area is 237 Å². The monoisotopic (exact) mass is 570 g/mol. The molecule has 11 nitrogen and oxygen atoms in total. The number of aromatic nitrogens is 5. The van der Waals surface area contributed by atoms with Gasteiger partial charge in [-0.15, -0.1) is 0 Å². The van der Waals surface area contributed by atoms with Crippen molar-refractivity contribution in [1.29, 1.82) is 0 Å². The molecule has 0 saturated carbocycles. The lowest BCUT2D eigenvalue weighted by Gasteiger charge is -2.16. The number of aliphatic hydroxyl groups is 1. The van der Waals surface area contributed by atoms with Gasteiger partial charge in [0.2, 0.25) is 0 Å². The number of hydrogen-bond acceptors (Lipinski definition) is 8. The molecule has 40 heavy (non-hydrogen) atoms. The molecule has 0 atom stereocenters. The fraction of sp³-hybridized carbons (Fsp3) is 0.429. The summed E-state index contributed by atoms with van der Waals surface area (Å²) in [6, 6.07) is 5.57. The number of halogens is 1. The van der Waals surface area contributed by atoms with Gasteiger partial charge in [0.1, 0.15) is 5.69 Å². The average molecular weight is 571 g/mol. The highest BCUT2D eigenvalue weighted by Gasteiger charge is 2.28. The lowest BCUT2D eigenvalue weighted by atomic mass is 9.98. The first-order chi connectivity index (χ1) is 19.0. The molecule has 214 valence electrons. The molecule has 1 N–H and O–H groups in total. The Morgan fingerprint density at radius 1 is 1.05 bits per heavy atom. The first kappa shape index (κ1) is 29.3. The lowest BCUT2D eigenvalue weighted by Crippen LogP contribution is -2.18. The van der Waals surface area contributed by atoms with Gasteiger partial charge in [0.15, 0.2) is 0 Å². The first-order valence-electron chi connectivity index (χ1n) is 12.8. The number of esters is 2. The summed E-state index contributed by atoms with van der Waals surface area (Å²) in [7, 11) is 10.1. The van der Waals surface area contributed by atoms with E-state index in [1.807, 2.05) is 43.9 Å². The van der Waals surface area contributed by atoms with Crippen LogP contribution in [0.15, 0.2) is 18.2 Å². The van der Waals surface area contributed by atoms with Crippen LogP contribution in [0.5, 0.6) is 0 Å². The van der Waals surface area contributed by atoms with E-state index in [0.29, 0.717) is 35.8 Å². The van der Waals surface area contributed by atoms with Gasteiger partial charge in [-0.05, 0) is 38.1 Å². The number of methoxy groups -OCH3 is 2. The summed E-state index contributed by atoms with van der Waals surface area (Å²) in [6.45, 7) is 2.95. The van der Waals surface area contributed by atoms with Crippen LogP contribution in [-0.2, 0) is 61.5 Å². The molecule has 0 unspecified atom stereocenters. The first-order valence-corrected chi connectivity index (χ1v) is 13.2. The summed E-state index contributed by atoms with van der Waals surface area (Å²) in [5.74, 6) is -0.865. The molecule has 0 aliphatic heterocycles.